The fourth-order valence-corrected chi connectivity index (χ4v) is 4.41. The minimum atomic E-state index is -3.49. The predicted molar refractivity (Wildman–Crippen MR) is 135 cm³/mol. The van der Waals surface area contributed by atoms with Gasteiger partial charge in [0.2, 0.25) is 10.0 Å². The van der Waals surface area contributed by atoms with E-state index in [-0.39, 0.29) is 24.1 Å². The smallest absolute Gasteiger partial charge is 0.262 e. The maximum absolute atomic E-state index is 13.5. The standard InChI is InChI=1S/C26H27N3O5S/c1-2-35(32,33)28-21-12-8-11-20(17-21)26(31)29-18-24(34-23-14-7-6-13-22(23)29)25(30)27-16-15-19-9-4-3-5-10-19/h3-14,17,24,28H,2,15-16,18H2,1H3,(H,27,30). The van der Waals surface area contributed by atoms with Gasteiger partial charge in [-0.15, -0.1) is 0 Å². The first-order chi connectivity index (χ1) is 16.9. The highest BCUT2D eigenvalue weighted by atomic mass is 32.2. The Morgan fingerprint density at radius 3 is 2.51 bits per heavy atom. The van der Waals surface area contributed by atoms with Crippen molar-refractivity contribution < 1.29 is 22.7 Å². The lowest BCUT2D eigenvalue weighted by Crippen LogP contribution is -2.51. The van der Waals surface area contributed by atoms with Crippen LogP contribution in [0.4, 0.5) is 11.4 Å². The van der Waals surface area contributed by atoms with Gasteiger partial charge in [-0.05, 0) is 49.2 Å². The molecule has 0 aromatic heterocycles. The number of hydrogen-bond acceptors (Lipinski definition) is 5. The number of nitrogens with zero attached hydrogens (tertiary/aromatic N) is 1. The molecule has 0 saturated heterocycles. The van der Waals surface area contributed by atoms with Gasteiger partial charge in [0.25, 0.3) is 11.8 Å². The molecule has 4 rings (SSSR count). The molecule has 0 aliphatic carbocycles. The first-order valence-corrected chi connectivity index (χ1v) is 13.0. The number of fused-ring (bicyclic) bond motifs is 1. The maximum atomic E-state index is 13.5. The number of benzene rings is 3. The van der Waals surface area contributed by atoms with E-state index >= 15 is 0 Å². The van der Waals surface area contributed by atoms with Crippen LogP contribution in [0.25, 0.3) is 0 Å². The fourth-order valence-electron chi connectivity index (χ4n) is 3.78. The highest BCUT2D eigenvalue weighted by Gasteiger charge is 2.34. The molecule has 1 atom stereocenters. The number of para-hydroxylation sites is 2. The first kappa shape index (κ1) is 24.3. The summed E-state index contributed by atoms with van der Waals surface area (Å²) in [5.74, 6) is -0.320. The summed E-state index contributed by atoms with van der Waals surface area (Å²) in [6.07, 6.45) is -0.203. The van der Waals surface area contributed by atoms with Gasteiger partial charge < -0.3 is 15.0 Å². The Hall–Kier alpha value is -3.85. The van der Waals surface area contributed by atoms with E-state index in [1.165, 1.54) is 17.9 Å². The van der Waals surface area contributed by atoms with E-state index in [1.54, 1.807) is 42.5 Å². The molecule has 2 N–H and O–H groups in total. The summed E-state index contributed by atoms with van der Waals surface area (Å²) < 4.78 is 32.3. The minimum absolute atomic E-state index is 0.0257. The van der Waals surface area contributed by atoms with E-state index < -0.39 is 16.1 Å². The molecule has 8 nitrogen and oxygen atoms in total. The second kappa shape index (κ2) is 10.6. The molecule has 2 amide bonds. The van der Waals surface area contributed by atoms with Crippen LogP contribution < -0.4 is 19.7 Å². The molecular weight excluding hydrogens is 466 g/mol. The van der Waals surface area contributed by atoms with Gasteiger partial charge in [-0.3, -0.25) is 14.3 Å². The molecule has 3 aromatic rings. The summed E-state index contributed by atoms with van der Waals surface area (Å²) in [5, 5.41) is 2.89. The average Bonchev–Trinajstić information content (AvgIpc) is 2.88. The van der Waals surface area contributed by atoms with Crippen molar-refractivity contribution in [1.82, 2.24) is 5.32 Å². The van der Waals surface area contributed by atoms with Gasteiger partial charge in [-0.2, -0.15) is 0 Å². The van der Waals surface area contributed by atoms with Crippen molar-refractivity contribution in [3.05, 3.63) is 90.0 Å². The van der Waals surface area contributed by atoms with Crippen molar-refractivity contribution in [3.8, 4) is 5.75 Å². The molecular formula is C26H27N3O5S. The third-order valence-electron chi connectivity index (χ3n) is 5.63. The molecule has 1 heterocycles. The third-order valence-corrected chi connectivity index (χ3v) is 6.94. The SMILES string of the molecule is CCS(=O)(=O)Nc1cccc(C(=O)N2CC(C(=O)NCCc3ccccc3)Oc3ccccc32)c1. The Balaban J connectivity index is 1.51. The van der Waals surface area contributed by atoms with Crippen molar-refractivity contribution >= 4 is 33.2 Å². The first-order valence-electron chi connectivity index (χ1n) is 11.4. The van der Waals surface area contributed by atoms with Crippen LogP contribution in [-0.4, -0.2) is 45.2 Å². The van der Waals surface area contributed by atoms with Crippen LogP contribution in [0.15, 0.2) is 78.9 Å². The number of rotatable bonds is 8. The lowest BCUT2D eigenvalue weighted by Gasteiger charge is -2.34. The monoisotopic (exact) mass is 493 g/mol. The zero-order valence-electron chi connectivity index (χ0n) is 19.3. The Morgan fingerprint density at radius 1 is 1.00 bits per heavy atom. The van der Waals surface area contributed by atoms with E-state index in [1.807, 2.05) is 30.3 Å². The minimum Gasteiger partial charge on any atom is -0.477 e. The van der Waals surface area contributed by atoms with Crippen LogP contribution in [0.5, 0.6) is 5.75 Å². The van der Waals surface area contributed by atoms with E-state index in [0.717, 1.165) is 5.56 Å². The highest BCUT2D eigenvalue weighted by Crippen LogP contribution is 2.34. The van der Waals surface area contributed by atoms with Crippen LogP contribution in [0.3, 0.4) is 0 Å². The van der Waals surface area contributed by atoms with E-state index in [0.29, 0.717) is 35.7 Å². The molecule has 0 fully saturated rings. The number of ether oxygens (including phenoxy) is 1. The van der Waals surface area contributed by atoms with Crippen molar-refractivity contribution in [2.24, 2.45) is 0 Å². The number of sulfonamides is 1. The largest absolute Gasteiger partial charge is 0.477 e. The fraction of sp³-hybridized carbons (Fsp3) is 0.231. The summed E-state index contributed by atoms with van der Waals surface area (Å²) in [6, 6.07) is 23.1. The molecule has 0 radical (unpaired) electrons. The van der Waals surface area contributed by atoms with Crippen LogP contribution in [0.2, 0.25) is 0 Å². The topological polar surface area (TPSA) is 105 Å². The highest BCUT2D eigenvalue weighted by molar-refractivity contribution is 7.92. The molecule has 182 valence electrons. The zero-order valence-corrected chi connectivity index (χ0v) is 20.1. The number of carbonyl (C=O) groups is 2. The van der Waals surface area contributed by atoms with Gasteiger partial charge in [0.05, 0.1) is 18.0 Å². The maximum Gasteiger partial charge on any atom is 0.262 e. The zero-order chi connectivity index (χ0) is 24.8. The van der Waals surface area contributed by atoms with Crippen LogP contribution in [0, 0.1) is 0 Å². The molecule has 35 heavy (non-hydrogen) atoms. The Bertz CT molecular complexity index is 1310. The van der Waals surface area contributed by atoms with Crippen molar-refractivity contribution in [2.45, 2.75) is 19.4 Å². The molecule has 3 aromatic carbocycles. The van der Waals surface area contributed by atoms with Crippen molar-refractivity contribution in [2.75, 3.05) is 28.5 Å². The van der Waals surface area contributed by atoms with Gasteiger partial charge in [0, 0.05) is 17.8 Å². The van der Waals surface area contributed by atoms with Crippen LogP contribution in [-0.2, 0) is 21.2 Å². The number of carbonyl (C=O) groups excluding carboxylic acids is 2. The Kier molecular flexibility index (Phi) is 7.36. The van der Waals surface area contributed by atoms with Gasteiger partial charge in [0.15, 0.2) is 6.10 Å². The number of nitrogens with one attached hydrogen (secondary N) is 2. The normalized spacial score (nSPS) is 15.0. The van der Waals surface area contributed by atoms with Gasteiger partial charge in [-0.1, -0.05) is 48.5 Å². The Labute approximate surface area is 205 Å². The molecule has 0 spiro atoms. The van der Waals surface area contributed by atoms with E-state index in [2.05, 4.69) is 10.0 Å². The van der Waals surface area contributed by atoms with Crippen LogP contribution in [0.1, 0.15) is 22.8 Å². The lowest BCUT2D eigenvalue weighted by atomic mass is 10.1. The van der Waals surface area contributed by atoms with Gasteiger partial charge >= 0.3 is 0 Å². The predicted octanol–water partition coefficient (Wildman–Crippen LogP) is 3.21. The lowest BCUT2D eigenvalue weighted by molar-refractivity contribution is -0.127. The summed E-state index contributed by atoms with van der Waals surface area (Å²) >= 11 is 0. The number of hydrogen-bond donors (Lipinski definition) is 2. The second-order valence-electron chi connectivity index (χ2n) is 8.10. The number of anilines is 2. The second-order valence-corrected chi connectivity index (χ2v) is 10.1. The van der Waals surface area contributed by atoms with Gasteiger partial charge in [-0.25, -0.2) is 8.42 Å². The quantitative estimate of drug-likeness (QED) is 0.501. The third kappa shape index (κ3) is 5.99. The average molecular weight is 494 g/mol. The van der Waals surface area contributed by atoms with E-state index in [4.69, 9.17) is 4.74 Å². The molecule has 1 aliphatic heterocycles. The van der Waals surface area contributed by atoms with Gasteiger partial charge in [0.1, 0.15) is 5.75 Å². The van der Waals surface area contributed by atoms with Crippen molar-refractivity contribution in [1.29, 1.82) is 0 Å². The molecule has 0 bridgehead atoms. The van der Waals surface area contributed by atoms with E-state index in [9.17, 15) is 18.0 Å². The summed E-state index contributed by atoms with van der Waals surface area (Å²) in [5.41, 5.74) is 2.25. The van der Waals surface area contributed by atoms with Crippen molar-refractivity contribution in [3.63, 3.8) is 0 Å². The molecule has 9 heteroatoms. The summed E-state index contributed by atoms with van der Waals surface area (Å²) in [6.45, 7) is 2.00. The molecule has 0 saturated carbocycles. The summed E-state index contributed by atoms with van der Waals surface area (Å²) in [7, 11) is -3.49. The molecule has 1 unspecified atom stereocenters. The molecule has 1 aliphatic rings. The van der Waals surface area contributed by atoms with Crippen LogP contribution >= 0.6 is 0 Å². The summed E-state index contributed by atoms with van der Waals surface area (Å²) in [4.78, 5) is 27.9. The number of amides is 2. The Morgan fingerprint density at radius 2 is 1.74 bits per heavy atom.